The third-order valence-electron chi connectivity index (χ3n) is 3.58. The maximum atomic E-state index is 12.1. The molecule has 22 heavy (non-hydrogen) atoms. The average Bonchev–Trinajstić information content (AvgIpc) is 2.93. The zero-order valence-electron chi connectivity index (χ0n) is 12.2. The highest BCUT2D eigenvalue weighted by Gasteiger charge is 2.38. The van der Waals surface area contributed by atoms with Crippen LogP contribution in [0.2, 0.25) is 0 Å². The van der Waals surface area contributed by atoms with Gasteiger partial charge in [-0.05, 0) is 12.8 Å². The summed E-state index contributed by atoms with van der Waals surface area (Å²) in [5, 5.41) is 7.10. The fraction of sp³-hybridized carbons (Fsp3) is 0.538. The van der Waals surface area contributed by atoms with Crippen molar-refractivity contribution in [3.8, 4) is 0 Å². The molecular formula is C13H18N4O4S. The lowest BCUT2D eigenvalue weighted by molar-refractivity contribution is -0.132. The predicted molar refractivity (Wildman–Crippen MR) is 80.4 cm³/mol. The van der Waals surface area contributed by atoms with Crippen molar-refractivity contribution in [3.05, 3.63) is 11.1 Å². The molecule has 0 radical (unpaired) electrons. The molecule has 1 aromatic heterocycles. The molecule has 0 atom stereocenters. The predicted octanol–water partition coefficient (Wildman–Crippen LogP) is 0.113. The van der Waals surface area contributed by atoms with Crippen LogP contribution >= 0.6 is 11.3 Å². The number of thiazole rings is 1. The van der Waals surface area contributed by atoms with Gasteiger partial charge in [0, 0.05) is 32.1 Å². The molecule has 2 rings (SSSR count). The topological polar surface area (TPSA) is 123 Å². The lowest BCUT2D eigenvalue weighted by atomic mass is 9.79. The van der Waals surface area contributed by atoms with Crippen LogP contribution in [0.3, 0.4) is 0 Å². The molecule has 0 saturated carbocycles. The van der Waals surface area contributed by atoms with E-state index in [1.54, 1.807) is 5.38 Å². The Morgan fingerprint density at radius 1 is 1.41 bits per heavy atom. The van der Waals surface area contributed by atoms with Crippen LogP contribution in [0.25, 0.3) is 0 Å². The van der Waals surface area contributed by atoms with Gasteiger partial charge < -0.3 is 21.1 Å². The average molecular weight is 326 g/mol. The van der Waals surface area contributed by atoms with Crippen LogP contribution in [0, 0.1) is 5.41 Å². The zero-order chi connectivity index (χ0) is 16.2. The van der Waals surface area contributed by atoms with E-state index in [1.165, 1.54) is 6.92 Å². The Kier molecular flexibility index (Phi) is 5.09. The van der Waals surface area contributed by atoms with Gasteiger partial charge in [-0.15, -0.1) is 11.3 Å². The van der Waals surface area contributed by atoms with Gasteiger partial charge in [-0.3, -0.25) is 14.4 Å². The van der Waals surface area contributed by atoms with Crippen molar-refractivity contribution in [1.29, 1.82) is 0 Å². The van der Waals surface area contributed by atoms with Gasteiger partial charge >= 0.3 is 0 Å². The number of ether oxygens (including phenoxy) is 1. The highest BCUT2D eigenvalue weighted by Crippen LogP contribution is 2.29. The minimum Gasteiger partial charge on any atom is -0.381 e. The standard InChI is InChI=1S/C13H18N4O4S/c1-8(18)16-12-17-9(6-22-12)10(19)15-7-13(11(14)20)2-4-21-5-3-13/h6H,2-5,7H2,1H3,(H2,14,20)(H,15,19)(H,16,17,18). The van der Waals surface area contributed by atoms with Crippen molar-refractivity contribution in [2.75, 3.05) is 25.1 Å². The number of hydrogen-bond donors (Lipinski definition) is 3. The number of anilines is 1. The van der Waals surface area contributed by atoms with Gasteiger partial charge in [-0.25, -0.2) is 4.98 Å². The molecule has 0 unspecified atom stereocenters. The summed E-state index contributed by atoms with van der Waals surface area (Å²) in [5.74, 6) is -1.09. The van der Waals surface area contributed by atoms with Gasteiger partial charge in [0.1, 0.15) is 5.69 Å². The van der Waals surface area contributed by atoms with E-state index in [-0.39, 0.29) is 18.1 Å². The number of rotatable bonds is 5. The van der Waals surface area contributed by atoms with E-state index < -0.39 is 17.2 Å². The number of hydrogen-bond acceptors (Lipinski definition) is 6. The molecule has 1 fully saturated rings. The van der Waals surface area contributed by atoms with E-state index >= 15 is 0 Å². The summed E-state index contributed by atoms with van der Waals surface area (Å²) in [6, 6.07) is 0. The van der Waals surface area contributed by atoms with Crippen LogP contribution in [-0.2, 0) is 14.3 Å². The maximum Gasteiger partial charge on any atom is 0.270 e. The second-order valence-corrected chi connectivity index (χ2v) is 6.02. The van der Waals surface area contributed by atoms with Crippen LogP contribution in [0.15, 0.2) is 5.38 Å². The highest BCUT2D eigenvalue weighted by molar-refractivity contribution is 7.14. The molecular weight excluding hydrogens is 308 g/mol. The second-order valence-electron chi connectivity index (χ2n) is 5.16. The number of nitrogens with two attached hydrogens (primary N) is 1. The van der Waals surface area contributed by atoms with Crippen molar-refractivity contribution >= 4 is 34.2 Å². The Balaban J connectivity index is 1.97. The van der Waals surface area contributed by atoms with E-state index in [0.717, 1.165) is 11.3 Å². The minimum atomic E-state index is -0.773. The summed E-state index contributed by atoms with van der Waals surface area (Å²) in [6.45, 7) is 2.41. The molecule has 0 bridgehead atoms. The minimum absolute atomic E-state index is 0.150. The second kappa shape index (κ2) is 6.84. The first kappa shape index (κ1) is 16.4. The first-order chi connectivity index (χ1) is 10.4. The molecule has 1 aliphatic rings. The van der Waals surface area contributed by atoms with Gasteiger partial charge in [-0.2, -0.15) is 0 Å². The number of primary amides is 1. The van der Waals surface area contributed by atoms with E-state index in [4.69, 9.17) is 10.5 Å². The Morgan fingerprint density at radius 3 is 2.68 bits per heavy atom. The lowest BCUT2D eigenvalue weighted by Gasteiger charge is -2.34. The highest BCUT2D eigenvalue weighted by atomic mass is 32.1. The molecule has 3 amide bonds. The van der Waals surface area contributed by atoms with Crippen LogP contribution < -0.4 is 16.4 Å². The van der Waals surface area contributed by atoms with Gasteiger partial charge in [0.2, 0.25) is 11.8 Å². The van der Waals surface area contributed by atoms with E-state index in [0.29, 0.717) is 31.2 Å². The summed E-state index contributed by atoms with van der Waals surface area (Å²) >= 11 is 1.16. The number of aromatic nitrogens is 1. The molecule has 120 valence electrons. The van der Waals surface area contributed by atoms with Gasteiger partial charge in [0.25, 0.3) is 5.91 Å². The van der Waals surface area contributed by atoms with E-state index in [9.17, 15) is 14.4 Å². The molecule has 9 heteroatoms. The van der Waals surface area contributed by atoms with Crippen LogP contribution in [0.1, 0.15) is 30.3 Å². The van der Waals surface area contributed by atoms with Crippen LogP contribution in [-0.4, -0.2) is 42.5 Å². The zero-order valence-corrected chi connectivity index (χ0v) is 13.0. The van der Waals surface area contributed by atoms with Crippen LogP contribution in [0.4, 0.5) is 5.13 Å². The number of carbonyl (C=O) groups excluding carboxylic acids is 3. The van der Waals surface area contributed by atoms with Crippen molar-refractivity contribution < 1.29 is 19.1 Å². The molecule has 1 aromatic rings. The Bertz CT molecular complexity index is 580. The fourth-order valence-corrected chi connectivity index (χ4v) is 2.94. The molecule has 8 nitrogen and oxygen atoms in total. The molecule has 0 aromatic carbocycles. The van der Waals surface area contributed by atoms with Gasteiger partial charge in [0.15, 0.2) is 5.13 Å². The lowest BCUT2D eigenvalue weighted by Crippen LogP contribution is -2.49. The Morgan fingerprint density at radius 2 is 2.09 bits per heavy atom. The van der Waals surface area contributed by atoms with Crippen LogP contribution in [0.5, 0.6) is 0 Å². The summed E-state index contributed by atoms with van der Waals surface area (Å²) in [7, 11) is 0. The summed E-state index contributed by atoms with van der Waals surface area (Å²) in [4.78, 5) is 38.7. The number of nitrogens with one attached hydrogen (secondary N) is 2. The third-order valence-corrected chi connectivity index (χ3v) is 4.34. The Hall–Kier alpha value is -2.00. The van der Waals surface area contributed by atoms with Crippen molar-refractivity contribution in [1.82, 2.24) is 10.3 Å². The fourth-order valence-electron chi connectivity index (χ4n) is 2.20. The first-order valence-corrected chi connectivity index (χ1v) is 7.70. The van der Waals surface area contributed by atoms with E-state index in [2.05, 4.69) is 15.6 Å². The van der Waals surface area contributed by atoms with Crippen molar-refractivity contribution in [3.63, 3.8) is 0 Å². The summed E-state index contributed by atoms with van der Waals surface area (Å²) in [5.41, 5.74) is 4.90. The van der Waals surface area contributed by atoms with Crippen molar-refractivity contribution in [2.45, 2.75) is 19.8 Å². The van der Waals surface area contributed by atoms with Gasteiger partial charge in [-0.1, -0.05) is 0 Å². The summed E-state index contributed by atoms with van der Waals surface area (Å²) < 4.78 is 5.24. The first-order valence-electron chi connectivity index (χ1n) is 6.82. The summed E-state index contributed by atoms with van der Waals surface area (Å²) in [6.07, 6.45) is 0.966. The molecule has 4 N–H and O–H groups in total. The molecule has 2 heterocycles. The monoisotopic (exact) mass is 326 g/mol. The normalized spacial score (nSPS) is 16.8. The Labute approximate surface area is 131 Å². The molecule has 0 aliphatic carbocycles. The van der Waals surface area contributed by atoms with Gasteiger partial charge in [0.05, 0.1) is 5.41 Å². The number of amides is 3. The molecule has 1 aliphatic heterocycles. The van der Waals surface area contributed by atoms with Crippen molar-refractivity contribution in [2.24, 2.45) is 11.1 Å². The smallest absolute Gasteiger partial charge is 0.270 e. The quantitative estimate of drug-likeness (QED) is 0.709. The van der Waals surface area contributed by atoms with E-state index in [1.807, 2.05) is 0 Å². The SMILES string of the molecule is CC(=O)Nc1nc(C(=O)NCC2(C(N)=O)CCOCC2)cs1. The number of carbonyl (C=O) groups is 3. The molecule has 0 spiro atoms. The largest absolute Gasteiger partial charge is 0.381 e. The third kappa shape index (κ3) is 3.80. The molecule has 1 saturated heterocycles. The maximum absolute atomic E-state index is 12.1. The number of nitrogens with zero attached hydrogens (tertiary/aromatic N) is 1.